The third-order valence-corrected chi connectivity index (χ3v) is 11.5. The summed E-state index contributed by atoms with van der Waals surface area (Å²) in [5.74, 6) is 0. The Balaban J connectivity index is 1.03. The Labute approximate surface area is 288 Å². The van der Waals surface area contributed by atoms with E-state index in [0.29, 0.717) is 0 Å². The molecule has 0 saturated heterocycles. The van der Waals surface area contributed by atoms with Gasteiger partial charge < -0.3 is 0 Å². The van der Waals surface area contributed by atoms with Gasteiger partial charge in [-0.15, -0.1) is 0 Å². The van der Waals surface area contributed by atoms with E-state index in [-0.39, 0.29) is 0 Å². The molecule has 228 valence electrons. The normalized spacial score (nSPS) is 12.4. The molecule has 0 amide bonds. The average molecular weight is 629 g/mol. The molecule has 0 fully saturated rings. The van der Waals surface area contributed by atoms with Crippen LogP contribution in [0.3, 0.4) is 0 Å². The molecule has 0 aliphatic heterocycles. The minimum Gasteiger partial charge on any atom is -0.0610 e. The van der Waals surface area contributed by atoms with Crippen molar-refractivity contribution in [3.8, 4) is 22.3 Å². The zero-order valence-corrected chi connectivity index (χ0v) is 27.2. The Hall–Kier alpha value is -6.50. The lowest BCUT2D eigenvalue weighted by Crippen LogP contribution is -1.88. The van der Waals surface area contributed by atoms with E-state index in [1.165, 1.54) is 119 Å². The predicted molar refractivity (Wildman–Crippen MR) is 217 cm³/mol. The highest BCUT2D eigenvalue weighted by molar-refractivity contribution is 6.35. The van der Waals surface area contributed by atoms with Gasteiger partial charge in [-0.1, -0.05) is 146 Å². The lowest BCUT2D eigenvalue weighted by Gasteiger charge is -2.16. The maximum atomic E-state index is 2.41. The summed E-state index contributed by atoms with van der Waals surface area (Å²) in [4.78, 5) is 0. The Morgan fingerprint density at radius 3 is 0.900 bits per heavy atom. The highest BCUT2D eigenvalue weighted by atomic mass is 14.2. The maximum Gasteiger partial charge on any atom is -0.00203 e. The molecule has 0 aliphatic rings. The fourth-order valence-corrected chi connectivity index (χ4v) is 9.18. The molecule has 0 spiro atoms. The quantitative estimate of drug-likeness (QED) is 0.132. The lowest BCUT2D eigenvalue weighted by molar-refractivity contribution is 1.66. The summed E-state index contributed by atoms with van der Waals surface area (Å²) < 4.78 is 0. The van der Waals surface area contributed by atoms with Crippen molar-refractivity contribution in [3.63, 3.8) is 0 Å². The van der Waals surface area contributed by atoms with Crippen LogP contribution in [-0.2, 0) is 0 Å². The van der Waals surface area contributed by atoms with E-state index in [1.807, 2.05) is 0 Å². The van der Waals surface area contributed by atoms with Gasteiger partial charge in [0, 0.05) is 0 Å². The van der Waals surface area contributed by atoms with Crippen LogP contribution in [0.4, 0.5) is 0 Å². The Kier molecular flexibility index (Phi) is 5.06. The molecule has 0 aliphatic carbocycles. The monoisotopic (exact) mass is 628 g/mol. The van der Waals surface area contributed by atoms with Crippen LogP contribution in [0.15, 0.2) is 170 Å². The second-order valence-corrected chi connectivity index (χ2v) is 14.0. The Morgan fingerprint density at radius 2 is 0.500 bits per heavy atom. The first kappa shape index (κ1) is 26.5. The summed E-state index contributed by atoms with van der Waals surface area (Å²) in [5.41, 5.74) is 4.97. The van der Waals surface area contributed by atoms with Crippen molar-refractivity contribution in [2.75, 3.05) is 0 Å². The molecule has 0 radical (unpaired) electrons. The first-order valence-corrected chi connectivity index (χ1v) is 17.5. The average Bonchev–Trinajstić information content (AvgIpc) is 3.19. The smallest absolute Gasteiger partial charge is 0.00203 e. The number of benzene rings is 12. The van der Waals surface area contributed by atoms with E-state index in [2.05, 4.69) is 170 Å². The standard InChI is InChI=1S/C50H28/c1-5-30-15-17-32-7-3-11-43-45-27-36(21-23-39(45)41(9-1)47(30)49(32)43)34-19-13-29-14-20-35(26-38(29)25-34)37-22-24-40-42-10-2-6-31-16-18-33-8-4-12-44(46(40)28-37)50(33)48(31)42/h1-28H. The van der Waals surface area contributed by atoms with Crippen LogP contribution in [0.5, 0.6) is 0 Å². The van der Waals surface area contributed by atoms with Crippen molar-refractivity contribution in [2.24, 2.45) is 0 Å². The van der Waals surface area contributed by atoms with Crippen LogP contribution in [0.25, 0.3) is 119 Å². The molecule has 12 aromatic carbocycles. The number of hydrogen-bond donors (Lipinski definition) is 0. The molecule has 0 nitrogen and oxygen atoms in total. The molecule has 0 N–H and O–H groups in total. The van der Waals surface area contributed by atoms with E-state index in [0.717, 1.165) is 0 Å². The van der Waals surface area contributed by atoms with Crippen LogP contribution in [-0.4, -0.2) is 0 Å². The number of hydrogen-bond acceptors (Lipinski definition) is 0. The van der Waals surface area contributed by atoms with E-state index in [1.54, 1.807) is 0 Å². The second-order valence-electron chi connectivity index (χ2n) is 14.0. The SMILES string of the molecule is c1cc2ccc3cccc4c5cc(-c6ccc7ccc(-c8ccc9c(c8)c8cccc%10ccc%11cccc9c%11c%108)cc7c6)ccc5c(c1)c2c34. The zero-order valence-electron chi connectivity index (χ0n) is 27.2. The van der Waals surface area contributed by atoms with Crippen molar-refractivity contribution in [3.05, 3.63) is 170 Å². The minimum atomic E-state index is 1.24. The van der Waals surface area contributed by atoms with Gasteiger partial charge in [0.15, 0.2) is 0 Å². The van der Waals surface area contributed by atoms with E-state index in [9.17, 15) is 0 Å². The van der Waals surface area contributed by atoms with Crippen molar-refractivity contribution < 1.29 is 0 Å². The molecule has 12 aromatic rings. The second kappa shape index (κ2) is 9.56. The van der Waals surface area contributed by atoms with Gasteiger partial charge in [0.05, 0.1) is 0 Å². The molecular formula is C50H28. The summed E-state index contributed by atoms with van der Waals surface area (Å²) in [6, 6.07) is 63.9. The number of fused-ring (bicyclic) bond motifs is 7. The number of rotatable bonds is 2. The fraction of sp³-hybridized carbons (Fsp3) is 0. The molecule has 0 aromatic heterocycles. The van der Waals surface area contributed by atoms with Gasteiger partial charge in [0.25, 0.3) is 0 Å². The fourth-order valence-electron chi connectivity index (χ4n) is 9.18. The van der Waals surface area contributed by atoms with Gasteiger partial charge in [-0.3, -0.25) is 0 Å². The van der Waals surface area contributed by atoms with Gasteiger partial charge in [-0.05, 0) is 143 Å². The summed E-state index contributed by atoms with van der Waals surface area (Å²) >= 11 is 0. The van der Waals surface area contributed by atoms with Crippen LogP contribution in [0.1, 0.15) is 0 Å². The summed E-state index contributed by atoms with van der Waals surface area (Å²) in [6.45, 7) is 0. The molecule has 0 atom stereocenters. The Bertz CT molecular complexity index is 3140. The van der Waals surface area contributed by atoms with Gasteiger partial charge in [0.2, 0.25) is 0 Å². The van der Waals surface area contributed by atoms with Crippen LogP contribution < -0.4 is 0 Å². The van der Waals surface area contributed by atoms with Crippen LogP contribution in [0.2, 0.25) is 0 Å². The Morgan fingerprint density at radius 1 is 0.180 bits per heavy atom. The largest absolute Gasteiger partial charge is 0.0610 e. The first-order chi connectivity index (χ1) is 24.8. The summed E-state index contributed by atoms with van der Waals surface area (Å²) in [7, 11) is 0. The van der Waals surface area contributed by atoms with Crippen molar-refractivity contribution in [1.29, 1.82) is 0 Å². The molecule has 50 heavy (non-hydrogen) atoms. The third-order valence-electron chi connectivity index (χ3n) is 11.5. The predicted octanol–water partition coefficient (Wildman–Crippen LogP) is 14.3. The van der Waals surface area contributed by atoms with Gasteiger partial charge in [-0.25, -0.2) is 0 Å². The highest BCUT2D eigenvalue weighted by Gasteiger charge is 2.16. The van der Waals surface area contributed by atoms with E-state index >= 15 is 0 Å². The van der Waals surface area contributed by atoms with Gasteiger partial charge >= 0.3 is 0 Å². The molecule has 0 saturated carbocycles. The summed E-state index contributed by atoms with van der Waals surface area (Å²) in [5, 5.41) is 23.8. The van der Waals surface area contributed by atoms with Gasteiger partial charge in [-0.2, -0.15) is 0 Å². The molecule has 0 unspecified atom stereocenters. The summed E-state index contributed by atoms with van der Waals surface area (Å²) in [6.07, 6.45) is 0. The van der Waals surface area contributed by atoms with Gasteiger partial charge in [0.1, 0.15) is 0 Å². The topological polar surface area (TPSA) is 0 Å². The van der Waals surface area contributed by atoms with Crippen LogP contribution in [0, 0.1) is 0 Å². The van der Waals surface area contributed by atoms with Crippen molar-refractivity contribution in [2.45, 2.75) is 0 Å². The highest BCUT2D eigenvalue weighted by Crippen LogP contribution is 2.44. The molecule has 12 rings (SSSR count). The molecule has 0 bridgehead atoms. The lowest BCUT2D eigenvalue weighted by atomic mass is 9.87. The van der Waals surface area contributed by atoms with E-state index in [4.69, 9.17) is 0 Å². The zero-order chi connectivity index (χ0) is 32.5. The van der Waals surface area contributed by atoms with E-state index < -0.39 is 0 Å². The molecular weight excluding hydrogens is 601 g/mol. The molecule has 0 heteroatoms. The van der Waals surface area contributed by atoms with Crippen LogP contribution >= 0.6 is 0 Å². The van der Waals surface area contributed by atoms with Crippen molar-refractivity contribution >= 4 is 97.0 Å². The molecule has 0 heterocycles. The first-order valence-electron chi connectivity index (χ1n) is 17.5. The maximum absolute atomic E-state index is 2.41. The minimum absolute atomic E-state index is 1.24. The third kappa shape index (κ3) is 3.50. The van der Waals surface area contributed by atoms with Crippen molar-refractivity contribution in [1.82, 2.24) is 0 Å².